The average molecular weight is 494 g/mol. The van der Waals surface area contributed by atoms with Crippen LogP contribution in [0.5, 0.6) is 0 Å². The number of rotatable bonds is 8. The molecule has 1 amide bonds. The number of aromatic nitrogens is 1. The molecule has 1 aromatic carbocycles. The van der Waals surface area contributed by atoms with Crippen LogP contribution in [-0.2, 0) is 21.8 Å². The van der Waals surface area contributed by atoms with Gasteiger partial charge in [-0.25, -0.2) is 22.5 Å². The molecule has 0 radical (unpaired) electrons. The van der Waals surface area contributed by atoms with Crippen LogP contribution in [0.2, 0.25) is 0 Å². The Kier molecular flexibility index (Phi) is 8.31. The molecule has 1 heterocycles. The van der Waals surface area contributed by atoms with Crippen LogP contribution in [0.15, 0.2) is 47.8 Å². The summed E-state index contributed by atoms with van der Waals surface area (Å²) in [5, 5.41) is -0.791. The number of pyridine rings is 1. The van der Waals surface area contributed by atoms with E-state index in [1.807, 2.05) is 0 Å². The smallest absolute Gasteiger partial charge is 0.420 e. The number of aryl methyl sites for hydroxylation is 1. The maximum Gasteiger partial charge on any atom is 0.420 e. The standard InChI is InChI=1S/C24H32FN3O5S/c1-8-10-17(9-2)34(31,32)26-19-12-14-21(29)27(7)22(19)28(23(30)33-24(4,5)6)20-13-11-16(3)15-18(20)25/h8,11-15,17,26H,1,9-10H2,2-7H3. The molecule has 1 atom stereocenters. The lowest BCUT2D eigenvalue weighted by Gasteiger charge is -2.30. The molecule has 1 N–H and O–H groups in total. The number of amides is 1. The van der Waals surface area contributed by atoms with Crippen molar-refractivity contribution in [2.45, 2.75) is 58.3 Å². The van der Waals surface area contributed by atoms with Crippen molar-refractivity contribution in [3.05, 3.63) is 64.7 Å². The van der Waals surface area contributed by atoms with E-state index < -0.39 is 38.3 Å². The zero-order chi connectivity index (χ0) is 25.8. The van der Waals surface area contributed by atoms with Gasteiger partial charge in [0.15, 0.2) is 0 Å². The average Bonchev–Trinajstić information content (AvgIpc) is 2.71. The lowest BCUT2D eigenvalue weighted by molar-refractivity contribution is 0.0596. The number of nitrogens with one attached hydrogen (secondary N) is 1. The second kappa shape index (κ2) is 10.4. The molecule has 2 aromatic rings. The molecule has 0 fully saturated rings. The highest BCUT2D eigenvalue weighted by Crippen LogP contribution is 2.35. The highest BCUT2D eigenvalue weighted by atomic mass is 32.2. The van der Waals surface area contributed by atoms with Crippen molar-refractivity contribution in [2.75, 3.05) is 9.62 Å². The minimum absolute atomic E-state index is 0.0737. The summed E-state index contributed by atoms with van der Waals surface area (Å²) in [6.07, 6.45) is 1.04. The first kappa shape index (κ1) is 27.1. The summed E-state index contributed by atoms with van der Waals surface area (Å²) >= 11 is 0. The van der Waals surface area contributed by atoms with Crippen LogP contribution in [0.4, 0.5) is 26.4 Å². The van der Waals surface area contributed by atoms with Crippen LogP contribution >= 0.6 is 0 Å². The minimum atomic E-state index is -3.94. The van der Waals surface area contributed by atoms with Gasteiger partial charge >= 0.3 is 6.09 Å². The number of benzene rings is 1. The van der Waals surface area contributed by atoms with Gasteiger partial charge in [-0.15, -0.1) is 6.58 Å². The van der Waals surface area contributed by atoms with E-state index >= 15 is 4.39 Å². The summed E-state index contributed by atoms with van der Waals surface area (Å²) in [5.74, 6) is -0.921. The molecule has 0 saturated carbocycles. The zero-order valence-corrected chi connectivity index (χ0v) is 21.2. The predicted octanol–water partition coefficient (Wildman–Crippen LogP) is 5.00. The molecule has 0 aliphatic heterocycles. The van der Waals surface area contributed by atoms with Crippen LogP contribution in [0.3, 0.4) is 0 Å². The normalized spacial score (nSPS) is 12.7. The Labute approximate surface area is 200 Å². The first-order valence-corrected chi connectivity index (χ1v) is 12.4. The Hall–Kier alpha value is -3.14. The van der Waals surface area contributed by atoms with E-state index in [0.717, 1.165) is 15.5 Å². The maximum atomic E-state index is 15.1. The number of hydrogen-bond donors (Lipinski definition) is 1. The largest absolute Gasteiger partial charge is 0.443 e. The second-order valence-electron chi connectivity index (χ2n) is 8.94. The second-order valence-corrected chi connectivity index (χ2v) is 10.9. The molecule has 1 aromatic heterocycles. The van der Waals surface area contributed by atoms with E-state index in [2.05, 4.69) is 11.3 Å². The monoisotopic (exact) mass is 493 g/mol. The number of ether oxygens (including phenoxy) is 1. The van der Waals surface area contributed by atoms with Crippen LogP contribution in [0.1, 0.15) is 46.1 Å². The zero-order valence-electron chi connectivity index (χ0n) is 20.4. The van der Waals surface area contributed by atoms with Crippen molar-refractivity contribution in [1.29, 1.82) is 0 Å². The quantitative estimate of drug-likeness (QED) is 0.522. The fourth-order valence-corrected chi connectivity index (χ4v) is 4.77. The molecule has 0 aliphatic carbocycles. The third-order valence-electron chi connectivity index (χ3n) is 4.99. The Morgan fingerprint density at radius 3 is 2.47 bits per heavy atom. The Bertz CT molecular complexity index is 1230. The maximum absolute atomic E-state index is 15.1. The first-order chi connectivity index (χ1) is 15.7. The summed E-state index contributed by atoms with van der Waals surface area (Å²) in [4.78, 5) is 26.7. The molecular weight excluding hydrogens is 461 g/mol. The highest BCUT2D eigenvalue weighted by molar-refractivity contribution is 7.93. The number of halogens is 1. The lowest BCUT2D eigenvalue weighted by Crippen LogP contribution is -2.38. The van der Waals surface area contributed by atoms with Gasteiger partial charge in [0.05, 0.1) is 16.6 Å². The van der Waals surface area contributed by atoms with E-state index in [4.69, 9.17) is 4.74 Å². The molecule has 34 heavy (non-hydrogen) atoms. The van der Waals surface area contributed by atoms with Crippen molar-refractivity contribution >= 4 is 33.3 Å². The van der Waals surface area contributed by atoms with Gasteiger partial charge in [-0.05, 0) is 64.3 Å². The number of anilines is 3. The third-order valence-corrected chi connectivity index (χ3v) is 6.90. The molecule has 10 heteroatoms. The number of carbonyl (C=O) groups excluding carboxylic acids is 1. The molecule has 186 valence electrons. The third kappa shape index (κ3) is 6.25. The van der Waals surface area contributed by atoms with Crippen molar-refractivity contribution in [3.63, 3.8) is 0 Å². The Morgan fingerprint density at radius 2 is 1.94 bits per heavy atom. The molecule has 0 saturated heterocycles. The van der Waals surface area contributed by atoms with Crippen molar-refractivity contribution < 1.29 is 22.3 Å². The van der Waals surface area contributed by atoms with Gasteiger partial charge in [-0.2, -0.15) is 0 Å². The number of hydrogen-bond acceptors (Lipinski definition) is 5. The van der Waals surface area contributed by atoms with Crippen LogP contribution in [0, 0.1) is 12.7 Å². The number of sulfonamides is 1. The van der Waals surface area contributed by atoms with Gasteiger partial charge in [0.25, 0.3) is 5.56 Å². The fraction of sp³-hybridized carbons (Fsp3) is 0.417. The van der Waals surface area contributed by atoms with Crippen LogP contribution in [-0.4, -0.2) is 29.9 Å². The molecular formula is C24H32FN3O5S. The number of nitrogens with zero attached hydrogens (tertiary/aromatic N) is 2. The van der Waals surface area contributed by atoms with Crippen LogP contribution < -0.4 is 15.2 Å². The summed E-state index contributed by atoms with van der Waals surface area (Å²) in [7, 11) is -2.58. The van der Waals surface area contributed by atoms with Gasteiger partial charge in [0.2, 0.25) is 10.0 Å². The Balaban J connectivity index is 2.80. The molecule has 2 rings (SSSR count). The summed E-state index contributed by atoms with van der Waals surface area (Å²) < 4.78 is 50.3. The van der Waals surface area contributed by atoms with Crippen molar-refractivity contribution in [3.8, 4) is 0 Å². The molecule has 0 spiro atoms. The number of carbonyl (C=O) groups is 1. The van der Waals surface area contributed by atoms with Gasteiger partial charge in [0, 0.05) is 13.1 Å². The van der Waals surface area contributed by atoms with Gasteiger partial charge in [-0.3, -0.25) is 14.1 Å². The highest BCUT2D eigenvalue weighted by Gasteiger charge is 2.32. The minimum Gasteiger partial charge on any atom is -0.443 e. The summed E-state index contributed by atoms with van der Waals surface area (Å²) in [5.41, 5.74) is -1.13. The van der Waals surface area contributed by atoms with E-state index in [0.29, 0.717) is 12.0 Å². The van der Waals surface area contributed by atoms with Crippen LogP contribution in [0.25, 0.3) is 0 Å². The molecule has 0 aliphatic rings. The summed E-state index contributed by atoms with van der Waals surface area (Å²) in [6, 6.07) is 6.61. The van der Waals surface area contributed by atoms with E-state index in [9.17, 15) is 18.0 Å². The predicted molar refractivity (Wildman–Crippen MR) is 133 cm³/mol. The Morgan fingerprint density at radius 1 is 1.29 bits per heavy atom. The van der Waals surface area contributed by atoms with Gasteiger partial charge in [0.1, 0.15) is 17.2 Å². The lowest BCUT2D eigenvalue weighted by atomic mass is 10.2. The topological polar surface area (TPSA) is 97.7 Å². The van der Waals surface area contributed by atoms with E-state index in [1.54, 1.807) is 40.7 Å². The molecule has 8 nitrogen and oxygen atoms in total. The number of allylic oxidation sites excluding steroid dienone is 1. The fourth-order valence-electron chi connectivity index (χ4n) is 3.31. The molecule has 0 bridgehead atoms. The van der Waals surface area contributed by atoms with E-state index in [1.165, 1.54) is 31.3 Å². The van der Waals surface area contributed by atoms with Crippen molar-refractivity contribution in [2.24, 2.45) is 7.05 Å². The van der Waals surface area contributed by atoms with Gasteiger partial charge < -0.3 is 4.74 Å². The SMILES string of the molecule is C=CCC(CC)S(=O)(=O)Nc1ccc(=O)n(C)c1N(C(=O)OC(C)(C)C)c1ccc(C)cc1F. The van der Waals surface area contributed by atoms with Crippen molar-refractivity contribution in [1.82, 2.24) is 4.57 Å². The first-order valence-electron chi connectivity index (χ1n) is 10.8. The summed E-state index contributed by atoms with van der Waals surface area (Å²) in [6.45, 7) is 11.9. The molecule has 1 unspecified atom stereocenters. The van der Waals surface area contributed by atoms with E-state index in [-0.39, 0.29) is 23.6 Å². The van der Waals surface area contributed by atoms with Gasteiger partial charge in [-0.1, -0.05) is 19.1 Å².